The van der Waals surface area contributed by atoms with E-state index in [1.54, 1.807) is 6.26 Å². The molecule has 0 amide bonds. The van der Waals surface area contributed by atoms with Gasteiger partial charge in [0, 0.05) is 12.0 Å². The number of rotatable bonds is 3. The van der Waals surface area contributed by atoms with Gasteiger partial charge in [-0.3, -0.25) is 0 Å². The van der Waals surface area contributed by atoms with Crippen molar-refractivity contribution in [1.29, 1.82) is 0 Å². The highest BCUT2D eigenvalue weighted by Crippen LogP contribution is 2.36. The number of aromatic nitrogens is 1. The molecule has 0 spiro atoms. The number of nitrogens with zero attached hydrogens (tertiary/aromatic N) is 1. The van der Waals surface area contributed by atoms with Crippen LogP contribution in [0.2, 0.25) is 0 Å². The predicted molar refractivity (Wildman–Crippen MR) is 45.7 cm³/mol. The summed E-state index contributed by atoms with van der Waals surface area (Å²) >= 11 is 0. The van der Waals surface area contributed by atoms with Crippen molar-refractivity contribution in [3.63, 3.8) is 0 Å². The Bertz CT molecular complexity index is 276. The van der Waals surface area contributed by atoms with Gasteiger partial charge in [0.05, 0.1) is 5.69 Å². The van der Waals surface area contributed by atoms with Gasteiger partial charge in [-0.2, -0.15) is 0 Å². The van der Waals surface area contributed by atoms with Crippen LogP contribution in [0.4, 0.5) is 0 Å². The van der Waals surface area contributed by atoms with Gasteiger partial charge in [-0.1, -0.05) is 0 Å². The Labute approximate surface area is 72.0 Å². The highest BCUT2D eigenvalue weighted by atomic mass is 16.3. The molecule has 0 radical (unpaired) electrons. The minimum Gasteiger partial charge on any atom is -0.449 e. The zero-order valence-corrected chi connectivity index (χ0v) is 7.34. The molecule has 0 bridgehead atoms. The quantitative estimate of drug-likeness (QED) is 0.738. The standard InChI is InChI=1S/C9H14N2O/c1-7-6-12-8(11-7)2-3-9(10)4-5-9/h6H,2-5,10H2,1H3. The number of oxazole rings is 1. The van der Waals surface area contributed by atoms with E-state index in [0.29, 0.717) is 0 Å². The fraction of sp³-hybridized carbons (Fsp3) is 0.667. The molecule has 12 heavy (non-hydrogen) atoms. The molecule has 3 heteroatoms. The van der Waals surface area contributed by atoms with Crippen LogP contribution in [0.5, 0.6) is 0 Å². The SMILES string of the molecule is Cc1coc(CCC2(N)CC2)n1. The van der Waals surface area contributed by atoms with Crippen LogP contribution in [0.1, 0.15) is 30.8 Å². The van der Waals surface area contributed by atoms with Crippen LogP contribution in [0.3, 0.4) is 0 Å². The molecule has 0 aliphatic heterocycles. The largest absolute Gasteiger partial charge is 0.449 e. The number of aryl methyl sites for hydroxylation is 2. The zero-order chi connectivity index (χ0) is 8.60. The molecule has 1 aromatic rings. The van der Waals surface area contributed by atoms with Gasteiger partial charge < -0.3 is 10.2 Å². The summed E-state index contributed by atoms with van der Waals surface area (Å²) in [6, 6.07) is 0. The maximum atomic E-state index is 5.93. The summed E-state index contributed by atoms with van der Waals surface area (Å²) in [5, 5.41) is 0. The van der Waals surface area contributed by atoms with Crippen molar-refractivity contribution >= 4 is 0 Å². The van der Waals surface area contributed by atoms with E-state index < -0.39 is 0 Å². The van der Waals surface area contributed by atoms with Gasteiger partial charge >= 0.3 is 0 Å². The van der Waals surface area contributed by atoms with Gasteiger partial charge in [0.2, 0.25) is 0 Å². The minimum atomic E-state index is 0.113. The molecule has 3 nitrogen and oxygen atoms in total. The molecule has 1 heterocycles. The molecule has 0 unspecified atom stereocenters. The third-order valence-corrected chi connectivity index (χ3v) is 2.40. The molecule has 0 saturated heterocycles. The molecule has 1 aromatic heterocycles. The van der Waals surface area contributed by atoms with Crippen LogP contribution < -0.4 is 5.73 Å². The Balaban J connectivity index is 1.87. The summed E-state index contributed by atoms with van der Waals surface area (Å²) in [5.41, 5.74) is 7.00. The molecule has 1 saturated carbocycles. The molecular formula is C9H14N2O. The van der Waals surface area contributed by atoms with E-state index >= 15 is 0 Å². The second-order valence-electron chi connectivity index (χ2n) is 3.74. The van der Waals surface area contributed by atoms with Gasteiger partial charge in [-0.05, 0) is 26.2 Å². The average molecular weight is 166 g/mol. The Morgan fingerprint density at radius 3 is 2.92 bits per heavy atom. The molecule has 1 aliphatic carbocycles. The lowest BCUT2D eigenvalue weighted by Gasteiger charge is -2.04. The van der Waals surface area contributed by atoms with Crippen molar-refractivity contribution in [3.05, 3.63) is 17.8 Å². The summed E-state index contributed by atoms with van der Waals surface area (Å²) < 4.78 is 5.22. The lowest BCUT2D eigenvalue weighted by atomic mass is 10.1. The lowest BCUT2D eigenvalue weighted by Crippen LogP contribution is -2.22. The Kier molecular flexibility index (Phi) is 1.68. The van der Waals surface area contributed by atoms with Crippen LogP contribution in [-0.2, 0) is 6.42 Å². The molecule has 1 fully saturated rings. The first-order valence-corrected chi connectivity index (χ1v) is 4.38. The van der Waals surface area contributed by atoms with Crippen molar-refractivity contribution in [1.82, 2.24) is 4.98 Å². The monoisotopic (exact) mass is 166 g/mol. The lowest BCUT2D eigenvalue weighted by molar-refractivity contribution is 0.467. The summed E-state index contributed by atoms with van der Waals surface area (Å²) in [5.74, 6) is 0.823. The highest BCUT2D eigenvalue weighted by Gasteiger charge is 2.37. The van der Waals surface area contributed by atoms with E-state index in [0.717, 1.165) is 37.3 Å². The van der Waals surface area contributed by atoms with E-state index in [2.05, 4.69) is 4.98 Å². The van der Waals surface area contributed by atoms with E-state index in [-0.39, 0.29) is 5.54 Å². The number of hydrogen-bond acceptors (Lipinski definition) is 3. The predicted octanol–water partition coefficient (Wildman–Crippen LogP) is 1.41. The maximum absolute atomic E-state index is 5.93. The first-order chi connectivity index (χ1) is 5.68. The molecule has 0 aromatic carbocycles. The fourth-order valence-corrected chi connectivity index (χ4v) is 1.28. The van der Waals surface area contributed by atoms with Gasteiger partial charge in [0.15, 0.2) is 5.89 Å². The number of nitrogens with two attached hydrogens (primary N) is 1. The van der Waals surface area contributed by atoms with Crippen LogP contribution in [0.15, 0.2) is 10.7 Å². The Morgan fingerprint density at radius 2 is 2.42 bits per heavy atom. The molecule has 2 rings (SSSR count). The first kappa shape index (κ1) is 7.80. The van der Waals surface area contributed by atoms with E-state index in [1.165, 1.54) is 0 Å². The summed E-state index contributed by atoms with van der Waals surface area (Å²) in [6.45, 7) is 1.93. The van der Waals surface area contributed by atoms with Crippen molar-refractivity contribution in [2.24, 2.45) is 5.73 Å². The maximum Gasteiger partial charge on any atom is 0.194 e. The summed E-state index contributed by atoms with van der Waals surface area (Å²) in [6.07, 6.45) is 5.89. The third kappa shape index (κ3) is 1.67. The van der Waals surface area contributed by atoms with Gasteiger partial charge in [-0.15, -0.1) is 0 Å². The summed E-state index contributed by atoms with van der Waals surface area (Å²) in [7, 11) is 0. The zero-order valence-electron chi connectivity index (χ0n) is 7.34. The normalized spacial score (nSPS) is 19.5. The van der Waals surface area contributed by atoms with Gasteiger partial charge in [0.25, 0.3) is 0 Å². The molecule has 1 aliphatic rings. The van der Waals surface area contributed by atoms with Gasteiger partial charge in [0.1, 0.15) is 6.26 Å². The molecule has 2 N–H and O–H groups in total. The minimum absolute atomic E-state index is 0.113. The van der Waals surface area contributed by atoms with E-state index in [4.69, 9.17) is 10.2 Å². The van der Waals surface area contributed by atoms with Crippen LogP contribution >= 0.6 is 0 Å². The van der Waals surface area contributed by atoms with Crippen LogP contribution in [0, 0.1) is 6.92 Å². The van der Waals surface area contributed by atoms with Crippen molar-refractivity contribution in [2.75, 3.05) is 0 Å². The van der Waals surface area contributed by atoms with Crippen molar-refractivity contribution < 1.29 is 4.42 Å². The van der Waals surface area contributed by atoms with Gasteiger partial charge in [-0.25, -0.2) is 4.98 Å². The molecule has 66 valence electrons. The highest BCUT2D eigenvalue weighted by molar-refractivity contribution is 5.01. The van der Waals surface area contributed by atoms with E-state index in [1.807, 2.05) is 6.92 Å². The Morgan fingerprint density at radius 1 is 1.67 bits per heavy atom. The fourth-order valence-electron chi connectivity index (χ4n) is 1.28. The Hall–Kier alpha value is -0.830. The number of hydrogen-bond donors (Lipinski definition) is 1. The van der Waals surface area contributed by atoms with Crippen LogP contribution in [0.25, 0.3) is 0 Å². The van der Waals surface area contributed by atoms with E-state index in [9.17, 15) is 0 Å². The van der Waals surface area contributed by atoms with Crippen molar-refractivity contribution in [2.45, 2.75) is 38.1 Å². The third-order valence-electron chi connectivity index (χ3n) is 2.40. The summed E-state index contributed by atoms with van der Waals surface area (Å²) in [4.78, 5) is 4.22. The first-order valence-electron chi connectivity index (χ1n) is 4.38. The topological polar surface area (TPSA) is 52.0 Å². The molecule has 0 atom stereocenters. The molecular weight excluding hydrogens is 152 g/mol. The van der Waals surface area contributed by atoms with Crippen molar-refractivity contribution in [3.8, 4) is 0 Å². The second-order valence-corrected chi connectivity index (χ2v) is 3.74. The van der Waals surface area contributed by atoms with Crippen LogP contribution in [-0.4, -0.2) is 10.5 Å². The second kappa shape index (κ2) is 2.59. The smallest absolute Gasteiger partial charge is 0.194 e. The average Bonchev–Trinajstić information content (AvgIpc) is 2.60.